The van der Waals surface area contributed by atoms with Gasteiger partial charge in [-0.1, -0.05) is 96.8 Å². The van der Waals surface area contributed by atoms with Gasteiger partial charge < -0.3 is 15.3 Å². The normalized spacial score (nSPS) is 11.0. The van der Waals surface area contributed by atoms with Gasteiger partial charge in [0, 0.05) is 12.5 Å². The molecule has 0 spiro atoms. The molecule has 0 aliphatic rings. The van der Waals surface area contributed by atoms with Crippen LogP contribution in [0.1, 0.15) is 120 Å². The Labute approximate surface area is 171 Å². The summed E-state index contributed by atoms with van der Waals surface area (Å²) in [6, 6.07) is 2.15. The monoisotopic (exact) mass is 392 g/mol. The molecule has 4 heteroatoms. The average Bonchev–Trinajstić information content (AvgIpc) is 2.67. The number of benzene rings is 1. The molecule has 0 atom stereocenters. The van der Waals surface area contributed by atoms with E-state index in [9.17, 15) is 20.1 Å². The molecule has 0 aliphatic carbocycles. The van der Waals surface area contributed by atoms with Crippen LogP contribution in [0.25, 0.3) is 0 Å². The van der Waals surface area contributed by atoms with Crippen LogP contribution >= 0.6 is 0 Å². The van der Waals surface area contributed by atoms with Gasteiger partial charge in [-0.05, 0) is 12.5 Å². The van der Waals surface area contributed by atoms with Crippen LogP contribution in [-0.2, 0) is 0 Å². The lowest BCUT2D eigenvalue weighted by atomic mass is 10.0. The van der Waals surface area contributed by atoms with Crippen LogP contribution in [0, 0.1) is 0 Å². The predicted octanol–water partition coefficient (Wildman–Crippen LogP) is 7.25. The molecule has 0 heterocycles. The van der Waals surface area contributed by atoms with Crippen molar-refractivity contribution in [2.75, 3.05) is 0 Å². The minimum atomic E-state index is -0.416. The van der Waals surface area contributed by atoms with E-state index in [1.54, 1.807) is 0 Å². The number of Topliss-reactive ketones (excluding diaryl/α,β-unsaturated/α-hetero) is 1. The van der Waals surface area contributed by atoms with Gasteiger partial charge in [-0.15, -0.1) is 0 Å². The van der Waals surface area contributed by atoms with Gasteiger partial charge in [-0.25, -0.2) is 0 Å². The third-order valence-corrected chi connectivity index (χ3v) is 5.40. The Kier molecular flexibility index (Phi) is 13.2. The van der Waals surface area contributed by atoms with E-state index < -0.39 is 5.75 Å². The van der Waals surface area contributed by atoms with Crippen molar-refractivity contribution in [1.82, 2.24) is 0 Å². The first kappa shape index (κ1) is 24.3. The molecule has 28 heavy (non-hydrogen) atoms. The predicted molar refractivity (Wildman–Crippen MR) is 115 cm³/mol. The number of unbranched alkanes of at least 4 members (excludes halogenated alkanes) is 14. The van der Waals surface area contributed by atoms with E-state index in [0.717, 1.165) is 31.4 Å². The summed E-state index contributed by atoms with van der Waals surface area (Å²) in [6.45, 7) is 2.26. The van der Waals surface area contributed by atoms with Gasteiger partial charge >= 0.3 is 0 Å². The van der Waals surface area contributed by atoms with Gasteiger partial charge in [0.1, 0.15) is 5.75 Å². The molecule has 0 aliphatic heterocycles. The maximum absolute atomic E-state index is 12.1. The molecule has 3 N–H and O–H groups in total. The van der Waals surface area contributed by atoms with Gasteiger partial charge in [-0.2, -0.15) is 0 Å². The van der Waals surface area contributed by atoms with Crippen molar-refractivity contribution < 1.29 is 20.1 Å². The summed E-state index contributed by atoms with van der Waals surface area (Å²) in [5.41, 5.74) is 0.0839. The Balaban J connectivity index is 1.94. The van der Waals surface area contributed by atoms with Crippen molar-refractivity contribution in [3.8, 4) is 17.2 Å². The highest BCUT2D eigenvalue weighted by Gasteiger charge is 2.14. The Morgan fingerprint density at radius 1 is 0.607 bits per heavy atom. The average molecular weight is 393 g/mol. The summed E-state index contributed by atoms with van der Waals surface area (Å²) in [6.07, 6.45) is 19.5. The highest BCUT2D eigenvalue weighted by atomic mass is 16.3. The Bertz CT molecular complexity index is 554. The number of rotatable bonds is 17. The van der Waals surface area contributed by atoms with E-state index in [4.69, 9.17) is 0 Å². The molecule has 0 saturated carbocycles. The van der Waals surface area contributed by atoms with Crippen LogP contribution < -0.4 is 0 Å². The van der Waals surface area contributed by atoms with Crippen LogP contribution in [0.15, 0.2) is 12.1 Å². The van der Waals surface area contributed by atoms with Crippen molar-refractivity contribution in [2.24, 2.45) is 0 Å². The smallest absolute Gasteiger partial charge is 0.166 e. The van der Waals surface area contributed by atoms with Crippen molar-refractivity contribution >= 4 is 5.78 Å². The van der Waals surface area contributed by atoms with E-state index in [2.05, 4.69) is 6.92 Å². The number of phenolic OH excluding ortho intramolecular Hbond substituents is 3. The van der Waals surface area contributed by atoms with Crippen molar-refractivity contribution in [2.45, 2.75) is 110 Å². The molecule has 1 aromatic carbocycles. The number of aromatic hydroxyl groups is 3. The third-order valence-electron chi connectivity index (χ3n) is 5.40. The zero-order chi connectivity index (χ0) is 20.6. The second kappa shape index (κ2) is 15.2. The highest BCUT2D eigenvalue weighted by molar-refractivity contribution is 5.99. The summed E-state index contributed by atoms with van der Waals surface area (Å²) in [7, 11) is 0. The van der Waals surface area contributed by atoms with E-state index in [0.29, 0.717) is 6.42 Å². The minimum absolute atomic E-state index is 0.0839. The summed E-state index contributed by atoms with van der Waals surface area (Å²) in [4.78, 5) is 12.1. The van der Waals surface area contributed by atoms with Crippen molar-refractivity contribution in [3.63, 3.8) is 0 Å². The van der Waals surface area contributed by atoms with Gasteiger partial charge in [-0.3, -0.25) is 4.79 Å². The number of hydrogen-bond donors (Lipinski definition) is 3. The maximum atomic E-state index is 12.1. The fourth-order valence-corrected chi connectivity index (χ4v) is 3.58. The topological polar surface area (TPSA) is 77.8 Å². The zero-order valence-electron chi connectivity index (χ0n) is 17.7. The number of carbonyl (C=O) groups excluding carboxylic acids is 1. The Hall–Kier alpha value is -1.71. The van der Waals surface area contributed by atoms with Gasteiger partial charge in [0.05, 0.1) is 5.56 Å². The number of phenols is 3. The Morgan fingerprint density at radius 3 is 1.46 bits per heavy atom. The molecule has 0 amide bonds. The molecular formula is C24H40O4. The molecule has 0 fully saturated rings. The van der Waals surface area contributed by atoms with E-state index in [1.165, 1.54) is 77.0 Å². The first-order chi connectivity index (χ1) is 13.6. The number of carbonyl (C=O) groups is 1. The number of ketones is 1. The standard InChI is InChI=1S/C24H40O4/c1-2-3-4-5-6-7-8-9-10-11-12-13-14-15-16-17-21(25)20-18-23(27)24(28)19-22(20)26/h18-19,26-28H,2-17H2,1H3. The lowest BCUT2D eigenvalue weighted by Gasteiger charge is -2.06. The second-order valence-corrected chi connectivity index (χ2v) is 7.98. The lowest BCUT2D eigenvalue weighted by Crippen LogP contribution is -1.99. The summed E-state index contributed by atoms with van der Waals surface area (Å²) in [5, 5.41) is 28.5. The summed E-state index contributed by atoms with van der Waals surface area (Å²) >= 11 is 0. The molecule has 0 saturated heterocycles. The van der Waals surface area contributed by atoms with Crippen LogP contribution in [0.5, 0.6) is 17.2 Å². The van der Waals surface area contributed by atoms with Gasteiger partial charge in [0.15, 0.2) is 17.3 Å². The molecule has 160 valence electrons. The first-order valence-electron chi connectivity index (χ1n) is 11.3. The van der Waals surface area contributed by atoms with Crippen LogP contribution in [0.4, 0.5) is 0 Å². The SMILES string of the molecule is CCCCCCCCCCCCCCCCCC(=O)c1cc(O)c(O)cc1O. The molecule has 0 radical (unpaired) electrons. The lowest BCUT2D eigenvalue weighted by molar-refractivity contribution is 0.0976. The third kappa shape index (κ3) is 10.6. The molecular weight excluding hydrogens is 352 g/mol. The minimum Gasteiger partial charge on any atom is -0.507 e. The molecule has 1 aromatic rings. The molecule has 0 bridgehead atoms. The Morgan fingerprint density at radius 2 is 1.00 bits per heavy atom. The van der Waals surface area contributed by atoms with E-state index in [-0.39, 0.29) is 22.8 Å². The van der Waals surface area contributed by atoms with Crippen LogP contribution in [0.3, 0.4) is 0 Å². The maximum Gasteiger partial charge on any atom is 0.166 e. The fraction of sp³-hybridized carbons (Fsp3) is 0.708. The second-order valence-electron chi connectivity index (χ2n) is 7.98. The fourth-order valence-electron chi connectivity index (χ4n) is 3.58. The summed E-state index contributed by atoms with van der Waals surface area (Å²) < 4.78 is 0. The van der Waals surface area contributed by atoms with Gasteiger partial charge in [0.25, 0.3) is 0 Å². The van der Waals surface area contributed by atoms with Crippen LogP contribution in [-0.4, -0.2) is 21.1 Å². The molecule has 0 aromatic heterocycles. The molecule has 0 unspecified atom stereocenters. The van der Waals surface area contributed by atoms with Gasteiger partial charge in [0.2, 0.25) is 0 Å². The molecule has 4 nitrogen and oxygen atoms in total. The van der Waals surface area contributed by atoms with E-state index >= 15 is 0 Å². The van der Waals surface area contributed by atoms with Crippen molar-refractivity contribution in [3.05, 3.63) is 17.7 Å². The molecule has 1 rings (SSSR count). The number of hydrogen-bond acceptors (Lipinski definition) is 4. The quantitative estimate of drug-likeness (QED) is 0.113. The first-order valence-corrected chi connectivity index (χ1v) is 11.3. The van der Waals surface area contributed by atoms with Crippen LogP contribution in [0.2, 0.25) is 0 Å². The summed E-state index contributed by atoms with van der Waals surface area (Å²) in [5.74, 6) is -1.26. The van der Waals surface area contributed by atoms with Crippen molar-refractivity contribution in [1.29, 1.82) is 0 Å². The highest BCUT2D eigenvalue weighted by Crippen LogP contribution is 2.33. The zero-order valence-corrected chi connectivity index (χ0v) is 17.7. The van der Waals surface area contributed by atoms with E-state index in [1.807, 2.05) is 0 Å². The largest absolute Gasteiger partial charge is 0.507 e.